The van der Waals surface area contributed by atoms with Gasteiger partial charge in [0.25, 0.3) is 0 Å². The van der Waals surface area contributed by atoms with Gasteiger partial charge in [-0.05, 0) is 30.9 Å². The van der Waals surface area contributed by atoms with E-state index >= 15 is 0 Å². The second kappa shape index (κ2) is 10.1. The molecular formula is C19H29O5P. The van der Waals surface area contributed by atoms with E-state index in [1.807, 2.05) is 12.1 Å². The molecule has 0 heterocycles. The third-order valence-electron chi connectivity index (χ3n) is 4.22. The summed E-state index contributed by atoms with van der Waals surface area (Å²) in [5.74, 6) is 0.337. The lowest BCUT2D eigenvalue weighted by atomic mass is 10.1. The first kappa shape index (κ1) is 20.2. The summed E-state index contributed by atoms with van der Waals surface area (Å²) >= 11 is 0. The Morgan fingerprint density at radius 3 is 2.20 bits per heavy atom. The highest BCUT2D eigenvalue weighted by atomic mass is 31.2. The van der Waals surface area contributed by atoms with Crippen molar-refractivity contribution in [2.75, 3.05) is 13.2 Å². The summed E-state index contributed by atoms with van der Waals surface area (Å²) in [5, 5.41) is 0. The summed E-state index contributed by atoms with van der Waals surface area (Å²) in [4.78, 5) is 12.1. The summed E-state index contributed by atoms with van der Waals surface area (Å²) in [5.41, 5.74) is 1.46. The van der Waals surface area contributed by atoms with Gasteiger partial charge in [-0.15, -0.1) is 0 Å². The topological polar surface area (TPSA) is 61.8 Å². The number of aryl methyl sites for hydroxylation is 1. The predicted octanol–water partition coefficient (Wildman–Crippen LogP) is 5.72. The zero-order valence-electron chi connectivity index (χ0n) is 15.3. The molecule has 1 aliphatic rings. The minimum absolute atomic E-state index is 0.0223. The quantitative estimate of drug-likeness (QED) is 0.349. The summed E-state index contributed by atoms with van der Waals surface area (Å²) in [7, 11) is -3.73. The molecule has 0 aromatic heterocycles. The largest absolute Gasteiger partial charge is 0.530 e. The van der Waals surface area contributed by atoms with E-state index in [4.69, 9.17) is 13.6 Å². The van der Waals surface area contributed by atoms with Crippen molar-refractivity contribution in [2.24, 2.45) is 0 Å². The van der Waals surface area contributed by atoms with Gasteiger partial charge in [0, 0.05) is 6.42 Å². The Bertz CT molecular complexity index is 598. The maximum atomic E-state index is 13.0. The lowest BCUT2D eigenvalue weighted by Gasteiger charge is -2.20. The number of ketones is 1. The summed E-state index contributed by atoms with van der Waals surface area (Å²) < 4.78 is 29.7. The smallest absolute Gasteiger partial charge is 0.403 e. The third kappa shape index (κ3) is 5.95. The van der Waals surface area contributed by atoms with Gasteiger partial charge in [0.1, 0.15) is 5.75 Å². The maximum absolute atomic E-state index is 13.0. The molecule has 0 N–H and O–H groups in total. The number of hydrogen-bond acceptors (Lipinski definition) is 5. The van der Waals surface area contributed by atoms with Crippen LogP contribution in [0.25, 0.3) is 0 Å². The molecule has 0 atom stereocenters. The molecule has 5 nitrogen and oxygen atoms in total. The van der Waals surface area contributed by atoms with Crippen LogP contribution in [-0.2, 0) is 20.0 Å². The third-order valence-corrected chi connectivity index (χ3v) is 5.64. The number of benzene rings is 1. The van der Waals surface area contributed by atoms with Crippen molar-refractivity contribution in [3.8, 4) is 5.75 Å². The van der Waals surface area contributed by atoms with Gasteiger partial charge in [0.2, 0.25) is 0 Å². The molecule has 140 valence electrons. The second-order valence-electron chi connectivity index (χ2n) is 6.33. The SMILES string of the molecule is CCCCCOP(=O)(OCCCCC)Oc1cccc2c1C(=O)CC2. The number of unbranched alkanes of at least 4 members (excludes halogenated alkanes) is 4. The minimum Gasteiger partial charge on any atom is -0.403 e. The Morgan fingerprint density at radius 2 is 1.60 bits per heavy atom. The van der Waals surface area contributed by atoms with Gasteiger partial charge < -0.3 is 4.52 Å². The van der Waals surface area contributed by atoms with Crippen molar-refractivity contribution in [3.05, 3.63) is 29.3 Å². The first-order valence-corrected chi connectivity index (χ1v) is 10.8. The van der Waals surface area contributed by atoms with Crippen molar-refractivity contribution in [3.63, 3.8) is 0 Å². The van der Waals surface area contributed by atoms with Crippen LogP contribution in [0.15, 0.2) is 18.2 Å². The molecule has 1 aromatic carbocycles. The minimum atomic E-state index is -3.73. The van der Waals surface area contributed by atoms with Gasteiger partial charge in [0.15, 0.2) is 5.78 Å². The van der Waals surface area contributed by atoms with Crippen LogP contribution in [-0.4, -0.2) is 19.0 Å². The molecule has 1 aliphatic carbocycles. The van der Waals surface area contributed by atoms with E-state index < -0.39 is 7.82 Å². The highest BCUT2D eigenvalue weighted by Crippen LogP contribution is 2.51. The van der Waals surface area contributed by atoms with Crippen LogP contribution < -0.4 is 4.52 Å². The van der Waals surface area contributed by atoms with Crippen LogP contribution >= 0.6 is 7.82 Å². The van der Waals surface area contributed by atoms with E-state index in [1.165, 1.54) is 0 Å². The van der Waals surface area contributed by atoms with E-state index in [2.05, 4.69) is 13.8 Å². The molecule has 0 fully saturated rings. The molecule has 0 aliphatic heterocycles. The van der Waals surface area contributed by atoms with Gasteiger partial charge in [-0.25, -0.2) is 4.57 Å². The van der Waals surface area contributed by atoms with E-state index in [1.54, 1.807) is 6.07 Å². The number of fused-ring (bicyclic) bond motifs is 1. The van der Waals surface area contributed by atoms with E-state index in [0.29, 0.717) is 37.4 Å². The highest BCUT2D eigenvalue weighted by Gasteiger charge is 2.32. The number of phosphoric acid groups is 1. The number of carbonyl (C=O) groups is 1. The molecule has 0 spiro atoms. The van der Waals surface area contributed by atoms with E-state index in [0.717, 1.165) is 44.1 Å². The van der Waals surface area contributed by atoms with E-state index in [-0.39, 0.29) is 5.78 Å². The van der Waals surface area contributed by atoms with Gasteiger partial charge in [-0.2, -0.15) is 0 Å². The molecule has 6 heteroatoms. The van der Waals surface area contributed by atoms with Crippen molar-refractivity contribution < 1.29 is 22.9 Å². The zero-order chi connectivity index (χ0) is 18.1. The predicted molar refractivity (Wildman–Crippen MR) is 98.3 cm³/mol. The lowest BCUT2D eigenvalue weighted by molar-refractivity contribution is 0.0992. The average molecular weight is 368 g/mol. The van der Waals surface area contributed by atoms with Gasteiger partial charge in [-0.1, -0.05) is 51.7 Å². The number of rotatable bonds is 12. The fourth-order valence-electron chi connectivity index (χ4n) is 2.82. The van der Waals surface area contributed by atoms with Gasteiger partial charge in [0.05, 0.1) is 18.8 Å². The van der Waals surface area contributed by atoms with Crippen LogP contribution in [0.5, 0.6) is 5.75 Å². The normalized spacial score (nSPS) is 13.9. The molecule has 0 bridgehead atoms. The monoisotopic (exact) mass is 368 g/mol. The Kier molecular flexibility index (Phi) is 8.14. The van der Waals surface area contributed by atoms with Crippen molar-refractivity contribution in [2.45, 2.75) is 65.2 Å². The molecule has 25 heavy (non-hydrogen) atoms. The van der Waals surface area contributed by atoms with Crippen LogP contribution in [0, 0.1) is 0 Å². The first-order valence-electron chi connectivity index (χ1n) is 9.33. The van der Waals surface area contributed by atoms with Gasteiger partial charge >= 0.3 is 7.82 Å². The highest BCUT2D eigenvalue weighted by molar-refractivity contribution is 7.48. The van der Waals surface area contributed by atoms with Crippen molar-refractivity contribution in [1.82, 2.24) is 0 Å². The van der Waals surface area contributed by atoms with Crippen molar-refractivity contribution >= 4 is 13.6 Å². The number of hydrogen-bond donors (Lipinski definition) is 0. The Hall–Kier alpha value is -1.16. The lowest BCUT2D eigenvalue weighted by Crippen LogP contribution is -2.07. The van der Waals surface area contributed by atoms with Crippen LogP contribution in [0.4, 0.5) is 0 Å². The molecule has 1 aromatic rings. The molecule has 0 saturated heterocycles. The van der Waals surface area contributed by atoms with E-state index in [9.17, 15) is 9.36 Å². The number of phosphoric ester groups is 1. The van der Waals surface area contributed by atoms with Gasteiger partial charge in [-0.3, -0.25) is 13.8 Å². The summed E-state index contributed by atoms with van der Waals surface area (Å²) in [6.07, 6.45) is 6.85. The van der Waals surface area contributed by atoms with Crippen molar-refractivity contribution in [1.29, 1.82) is 0 Å². The molecule has 2 rings (SSSR count). The molecular weight excluding hydrogens is 339 g/mol. The Balaban J connectivity index is 2.08. The second-order valence-corrected chi connectivity index (χ2v) is 7.93. The summed E-state index contributed by atoms with van der Waals surface area (Å²) in [6.45, 7) is 4.83. The molecule has 0 unspecified atom stereocenters. The Labute approximate surface area is 150 Å². The Morgan fingerprint density at radius 1 is 0.960 bits per heavy atom. The van der Waals surface area contributed by atoms with Crippen LogP contribution in [0.2, 0.25) is 0 Å². The average Bonchev–Trinajstić information content (AvgIpc) is 2.98. The maximum Gasteiger partial charge on any atom is 0.530 e. The first-order chi connectivity index (χ1) is 12.1. The molecule has 0 radical (unpaired) electrons. The molecule has 0 saturated carbocycles. The summed E-state index contributed by atoms with van der Waals surface area (Å²) in [6, 6.07) is 5.38. The molecule has 0 amide bonds. The number of Topliss-reactive ketones (excluding diaryl/α,β-unsaturated/α-hetero) is 1. The standard InChI is InChI=1S/C19H29O5P/c1-3-5-7-14-22-25(21,23-15-8-6-4-2)24-18-11-9-10-16-12-13-17(20)19(16)18/h9-11H,3-8,12-15H2,1-2H3. The number of carbonyl (C=O) groups excluding carboxylic acids is 1. The fourth-order valence-corrected chi connectivity index (χ4v) is 4.10. The van der Waals surface area contributed by atoms with Crippen LogP contribution in [0.1, 0.15) is 74.7 Å². The zero-order valence-corrected chi connectivity index (χ0v) is 16.2. The fraction of sp³-hybridized carbons (Fsp3) is 0.632. The van der Waals surface area contributed by atoms with Crippen LogP contribution in [0.3, 0.4) is 0 Å².